The number of rotatable bonds is 10. The molecule has 0 aliphatic carbocycles. The second-order valence-electron chi connectivity index (χ2n) is 6.54. The lowest BCUT2D eigenvalue weighted by atomic mass is 10.1. The summed E-state index contributed by atoms with van der Waals surface area (Å²) in [6.45, 7) is 2.37. The van der Waals surface area contributed by atoms with Crippen LogP contribution in [-0.4, -0.2) is 46.7 Å². The van der Waals surface area contributed by atoms with E-state index in [9.17, 15) is 4.79 Å². The Balaban J connectivity index is 1.83. The molecule has 1 heterocycles. The Morgan fingerprint density at radius 2 is 2.00 bits per heavy atom. The lowest BCUT2D eigenvalue weighted by molar-refractivity contribution is 0.0950. The molecule has 0 bridgehead atoms. The standard InChI is InChI=1S/C21H24N8O4/c1-3-32-17-11-14(9-10-16(17)31-2)12-24-26-21(30)19-20(15-7-5-4-6-8-15)29(28-25-19)13-18(22)27-33-23/h4-12H,3,13,23H2,1-2H3,(H2,22,27)(H,26,30)/b24-12+. The van der Waals surface area contributed by atoms with Crippen LogP contribution in [0.15, 0.2) is 58.8 Å². The van der Waals surface area contributed by atoms with Gasteiger partial charge in [0.25, 0.3) is 5.91 Å². The zero-order valence-corrected chi connectivity index (χ0v) is 18.1. The van der Waals surface area contributed by atoms with Gasteiger partial charge in [0.2, 0.25) is 0 Å². The van der Waals surface area contributed by atoms with Gasteiger partial charge in [-0.1, -0.05) is 35.5 Å². The summed E-state index contributed by atoms with van der Waals surface area (Å²) in [7, 11) is 1.56. The molecule has 3 rings (SSSR count). The number of carbonyl (C=O) groups excluding carboxylic acids is 1. The van der Waals surface area contributed by atoms with Gasteiger partial charge in [-0.05, 0) is 35.8 Å². The van der Waals surface area contributed by atoms with Crippen molar-refractivity contribution in [3.63, 3.8) is 0 Å². The molecule has 0 spiro atoms. The smallest absolute Gasteiger partial charge is 0.294 e. The molecule has 12 nitrogen and oxygen atoms in total. The van der Waals surface area contributed by atoms with E-state index >= 15 is 0 Å². The summed E-state index contributed by atoms with van der Waals surface area (Å²) in [5, 5.41) is 15.5. The Hall–Kier alpha value is -4.45. The second kappa shape index (κ2) is 11.2. The van der Waals surface area contributed by atoms with E-state index < -0.39 is 5.91 Å². The first-order valence-corrected chi connectivity index (χ1v) is 9.88. The maximum Gasteiger partial charge on any atom is 0.294 e. The van der Waals surface area contributed by atoms with E-state index in [0.29, 0.717) is 34.9 Å². The third-order valence-corrected chi connectivity index (χ3v) is 4.35. The molecule has 3 aromatic rings. The van der Waals surface area contributed by atoms with Crippen molar-refractivity contribution in [3.05, 3.63) is 59.8 Å². The van der Waals surface area contributed by atoms with E-state index in [2.05, 4.69) is 30.9 Å². The Bertz CT molecular complexity index is 1140. The van der Waals surface area contributed by atoms with Gasteiger partial charge in [0.15, 0.2) is 23.0 Å². The number of benzene rings is 2. The highest BCUT2D eigenvalue weighted by atomic mass is 16.7. The minimum atomic E-state index is -0.555. The first-order valence-electron chi connectivity index (χ1n) is 9.88. The first kappa shape index (κ1) is 23.2. The topological polar surface area (TPSA) is 164 Å². The van der Waals surface area contributed by atoms with E-state index in [-0.39, 0.29) is 18.1 Å². The Labute approximate surface area is 189 Å². The van der Waals surface area contributed by atoms with Crippen LogP contribution in [0.5, 0.6) is 11.5 Å². The minimum Gasteiger partial charge on any atom is -0.493 e. The number of oxime groups is 1. The summed E-state index contributed by atoms with van der Waals surface area (Å²) in [5.74, 6) is 5.59. The van der Waals surface area contributed by atoms with E-state index in [1.165, 1.54) is 10.9 Å². The fraction of sp³-hybridized carbons (Fsp3) is 0.190. The van der Waals surface area contributed by atoms with Crippen LogP contribution in [0.1, 0.15) is 23.0 Å². The monoisotopic (exact) mass is 452 g/mol. The average Bonchev–Trinajstić information content (AvgIpc) is 3.23. The summed E-state index contributed by atoms with van der Waals surface area (Å²) in [5.41, 5.74) is 10.1. The number of hydrogen-bond acceptors (Lipinski definition) is 9. The fourth-order valence-electron chi connectivity index (χ4n) is 2.97. The van der Waals surface area contributed by atoms with Crippen molar-refractivity contribution < 1.29 is 19.2 Å². The zero-order chi connectivity index (χ0) is 23.6. The molecule has 5 N–H and O–H groups in total. The molecule has 1 aromatic heterocycles. The van der Waals surface area contributed by atoms with Gasteiger partial charge in [-0.3, -0.25) is 4.79 Å². The molecule has 12 heteroatoms. The van der Waals surface area contributed by atoms with E-state index in [1.807, 2.05) is 37.3 Å². The van der Waals surface area contributed by atoms with Gasteiger partial charge in [0.05, 0.1) is 19.9 Å². The van der Waals surface area contributed by atoms with Crippen molar-refractivity contribution >= 4 is 18.0 Å². The van der Waals surface area contributed by atoms with Gasteiger partial charge < -0.3 is 20.1 Å². The maximum atomic E-state index is 12.8. The van der Waals surface area contributed by atoms with Crippen LogP contribution in [0, 0.1) is 0 Å². The molecule has 0 saturated heterocycles. The number of carbonyl (C=O) groups is 1. The lowest BCUT2D eigenvalue weighted by Gasteiger charge is -2.09. The molecule has 0 aliphatic heterocycles. The van der Waals surface area contributed by atoms with Crippen molar-refractivity contribution in [2.24, 2.45) is 21.9 Å². The number of hydrogen-bond donors (Lipinski definition) is 3. The van der Waals surface area contributed by atoms with Crippen molar-refractivity contribution in [1.82, 2.24) is 20.4 Å². The van der Waals surface area contributed by atoms with Gasteiger partial charge >= 0.3 is 0 Å². The molecule has 0 saturated carbocycles. The van der Waals surface area contributed by atoms with Crippen LogP contribution < -0.4 is 26.5 Å². The van der Waals surface area contributed by atoms with Crippen molar-refractivity contribution in [2.45, 2.75) is 13.5 Å². The van der Waals surface area contributed by atoms with Gasteiger partial charge in [0, 0.05) is 5.56 Å². The highest BCUT2D eigenvalue weighted by molar-refractivity contribution is 5.98. The number of amides is 1. The van der Waals surface area contributed by atoms with Gasteiger partial charge in [-0.2, -0.15) is 5.10 Å². The summed E-state index contributed by atoms with van der Waals surface area (Å²) in [6, 6.07) is 14.4. The molecule has 0 radical (unpaired) electrons. The molecule has 0 fully saturated rings. The second-order valence-corrected chi connectivity index (χ2v) is 6.54. The van der Waals surface area contributed by atoms with E-state index in [1.54, 1.807) is 25.3 Å². The van der Waals surface area contributed by atoms with Crippen LogP contribution in [0.3, 0.4) is 0 Å². The van der Waals surface area contributed by atoms with Crippen molar-refractivity contribution in [3.8, 4) is 22.8 Å². The SMILES string of the molecule is CCOc1cc(/C=N/NC(=O)c2nnn(C/C(N)=N\ON)c2-c2ccccc2)ccc1OC. The van der Waals surface area contributed by atoms with Crippen LogP contribution in [0.25, 0.3) is 11.3 Å². The summed E-state index contributed by atoms with van der Waals surface area (Å²) >= 11 is 0. The molecule has 0 unspecified atom stereocenters. The largest absolute Gasteiger partial charge is 0.493 e. The normalized spacial score (nSPS) is 11.4. The minimum absolute atomic E-state index is 0.0109. The van der Waals surface area contributed by atoms with Gasteiger partial charge in [-0.15, -0.1) is 11.0 Å². The van der Waals surface area contributed by atoms with Gasteiger partial charge in [-0.25, -0.2) is 10.1 Å². The highest BCUT2D eigenvalue weighted by Crippen LogP contribution is 2.27. The molecule has 33 heavy (non-hydrogen) atoms. The van der Waals surface area contributed by atoms with Gasteiger partial charge in [0.1, 0.15) is 12.2 Å². The lowest BCUT2D eigenvalue weighted by Crippen LogP contribution is -2.23. The maximum absolute atomic E-state index is 12.8. The van der Waals surface area contributed by atoms with Crippen LogP contribution in [0.4, 0.5) is 0 Å². The number of nitrogens with one attached hydrogen (secondary N) is 1. The number of methoxy groups -OCH3 is 1. The number of aromatic nitrogens is 3. The van der Waals surface area contributed by atoms with Crippen LogP contribution >= 0.6 is 0 Å². The molecule has 1 amide bonds. The summed E-state index contributed by atoms with van der Waals surface area (Å²) in [4.78, 5) is 17.0. The third kappa shape index (κ3) is 5.83. The Morgan fingerprint density at radius 1 is 1.21 bits per heavy atom. The Morgan fingerprint density at radius 3 is 2.70 bits per heavy atom. The first-order chi connectivity index (χ1) is 16.1. The predicted molar refractivity (Wildman–Crippen MR) is 122 cm³/mol. The molecule has 0 atom stereocenters. The van der Waals surface area contributed by atoms with Crippen LogP contribution in [-0.2, 0) is 11.5 Å². The quantitative estimate of drug-likeness (QED) is 0.235. The number of hydrazone groups is 1. The molecular formula is C21H24N8O4. The van der Waals surface area contributed by atoms with Crippen molar-refractivity contribution in [2.75, 3.05) is 13.7 Å². The highest BCUT2D eigenvalue weighted by Gasteiger charge is 2.21. The molecule has 2 aromatic carbocycles. The van der Waals surface area contributed by atoms with E-state index in [0.717, 1.165) is 0 Å². The van der Waals surface area contributed by atoms with Crippen molar-refractivity contribution in [1.29, 1.82) is 0 Å². The molecule has 172 valence electrons. The number of nitrogens with zero attached hydrogens (tertiary/aromatic N) is 5. The number of ether oxygens (including phenoxy) is 2. The molecule has 0 aliphatic rings. The zero-order valence-electron chi connectivity index (χ0n) is 18.1. The fourth-order valence-corrected chi connectivity index (χ4v) is 2.97. The number of nitrogens with two attached hydrogens (primary N) is 2. The predicted octanol–water partition coefficient (Wildman–Crippen LogP) is 1.28. The van der Waals surface area contributed by atoms with E-state index in [4.69, 9.17) is 21.1 Å². The average molecular weight is 452 g/mol. The molecular weight excluding hydrogens is 428 g/mol. The summed E-state index contributed by atoms with van der Waals surface area (Å²) < 4.78 is 12.2. The Kier molecular flexibility index (Phi) is 7.91. The number of amidine groups is 1. The summed E-state index contributed by atoms with van der Waals surface area (Å²) in [6.07, 6.45) is 1.48. The van der Waals surface area contributed by atoms with Crippen LogP contribution in [0.2, 0.25) is 0 Å². The third-order valence-electron chi connectivity index (χ3n) is 4.35.